The maximum Gasteiger partial charge on any atom is 0.343 e. The van der Waals surface area contributed by atoms with E-state index in [1.807, 2.05) is 44.2 Å². The molecule has 1 aliphatic carbocycles. The van der Waals surface area contributed by atoms with Crippen LogP contribution in [0.25, 0.3) is 0 Å². The highest BCUT2D eigenvalue weighted by atomic mass is 28.4. The van der Waals surface area contributed by atoms with Crippen molar-refractivity contribution < 1.29 is 23.8 Å². The molecule has 2 fully saturated rings. The van der Waals surface area contributed by atoms with E-state index in [2.05, 4.69) is 89.2 Å². The minimum atomic E-state index is -2.63. The molecule has 2 heterocycles. The van der Waals surface area contributed by atoms with Crippen LogP contribution in [0.1, 0.15) is 61.3 Å². The zero-order chi connectivity index (χ0) is 30.4. The Labute approximate surface area is 251 Å². The smallest absolute Gasteiger partial charge is 0.343 e. The Morgan fingerprint density at radius 1 is 1.02 bits per heavy atom. The number of rotatable bonds is 8. The maximum absolute atomic E-state index is 12.7. The lowest BCUT2D eigenvalue weighted by atomic mass is 9.63. The van der Waals surface area contributed by atoms with Crippen LogP contribution in [0.3, 0.4) is 0 Å². The minimum Gasteiger partial charge on any atom is -0.423 e. The average Bonchev–Trinajstić information content (AvgIpc) is 3.39. The van der Waals surface area contributed by atoms with Crippen molar-refractivity contribution >= 4 is 24.7 Å². The Morgan fingerprint density at radius 2 is 1.62 bits per heavy atom. The third kappa shape index (κ3) is 5.30. The van der Waals surface area contributed by atoms with Crippen LogP contribution in [0.4, 0.5) is 0 Å². The lowest BCUT2D eigenvalue weighted by molar-refractivity contribution is -0.132. The number of fused-ring (bicyclic) bond motifs is 1. The molecule has 3 atom stereocenters. The van der Waals surface area contributed by atoms with E-state index in [-0.39, 0.29) is 22.5 Å². The first-order chi connectivity index (χ1) is 19.7. The second-order valence-electron chi connectivity index (χ2n) is 13.8. The van der Waals surface area contributed by atoms with E-state index in [0.717, 1.165) is 5.57 Å². The molecule has 1 N–H and O–H groups in total. The standard InChI is InChI=1S/C36H44O5Si/c1-26(19-21-39-42(33(2,3)4,30-14-10-8-11-15-30)31-16-12-9-13-17-31)22-29-23-27(32(38)40-29)18-20-36-34(5,6)24-28(37)25-35(36,7)41-36/h8-20,22-23,28,37H,21,24-25H2,1-7H3/b20-18+,26-19+,29-22-/t28-,35+,36-/m0/s1. The zero-order valence-corrected chi connectivity index (χ0v) is 26.9. The van der Waals surface area contributed by atoms with Crippen LogP contribution < -0.4 is 10.4 Å². The first-order valence-corrected chi connectivity index (χ1v) is 16.8. The molecule has 0 spiro atoms. The van der Waals surface area contributed by atoms with Gasteiger partial charge in [-0.15, -0.1) is 0 Å². The molecule has 5 rings (SSSR count). The number of carbonyl (C=O) groups excluding carboxylic acids is 1. The van der Waals surface area contributed by atoms with Crippen molar-refractivity contribution in [3.63, 3.8) is 0 Å². The highest BCUT2D eigenvalue weighted by molar-refractivity contribution is 6.99. The predicted octanol–water partition coefficient (Wildman–Crippen LogP) is 6.14. The average molecular weight is 585 g/mol. The van der Waals surface area contributed by atoms with Gasteiger partial charge < -0.3 is 19.0 Å². The molecule has 1 saturated heterocycles. The molecule has 0 amide bonds. The largest absolute Gasteiger partial charge is 0.423 e. The lowest BCUT2D eigenvalue weighted by Crippen LogP contribution is -2.66. The van der Waals surface area contributed by atoms with E-state index < -0.39 is 19.5 Å². The zero-order valence-electron chi connectivity index (χ0n) is 25.9. The summed E-state index contributed by atoms with van der Waals surface area (Å²) in [6.45, 7) is 15.5. The van der Waals surface area contributed by atoms with Gasteiger partial charge in [0.25, 0.3) is 8.32 Å². The second-order valence-corrected chi connectivity index (χ2v) is 18.1. The van der Waals surface area contributed by atoms with E-state index in [1.165, 1.54) is 10.4 Å². The monoisotopic (exact) mass is 584 g/mol. The van der Waals surface area contributed by atoms with Crippen LogP contribution in [0.2, 0.25) is 5.04 Å². The molecular weight excluding hydrogens is 540 g/mol. The summed E-state index contributed by atoms with van der Waals surface area (Å²) in [6, 6.07) is 21.2. The van der Waals surface area contributed by atoms with Crippen LogP contribution in [-0.4, -0.2) is 43.3 Å². The number of epoxide rings is 1. The van der Waals surface area contributed by atoms with Gasteiger partial charge in [-0.05, 0) is 65.6 Å². The van der Waals surface area contributed by atoms with Gasteiger partial charge in [-0.3, -0.25) is 0 Å². The van der Waals surface area contributed by atoms with Gasteiger partial charge in [0.15, 0.2) is 0 Å². The number of aliphatic hydroxyl groups excluding tert-OH is 1. The summed E-state index contributed by atoms with van der Waals surface area (Å²) < 4.78 is 18.8. The summed E-state index contributed by atoms with van der Waals surface area (Å²) in [5.74, 6) is 0.135. The number of esters is 1. The van der Waals surface area contributed by atoms with Gasteiger partial charge in [-0.2, -0.15) is 0 Å². The fourth-order valence-electron chi connectivity index (χ4n) is 7.22. The molecule has 0 radical (unpaired) electrons. The molecule has 42 heavy (non-hydrogen) atoms. The van der Waals surface area contributed by atoms with Gasteiger partial charge in [-0.1, -0.05) is 101 Å². The van der Waals surface area contributed by atoms with E-state index in [4.69, 9.17) is 13.9 Å². The normalized spacial score (nSPS) is 28.5. The molecule has 5 nitrogen and oxygen atoms in total. The number of hydrogen-bond acceptors (Lipinski definition) is 5. The van der Waals surface area contributed by atoms with Crippen molar-refractivity contribution in [1.82, 2.24) is 0 Å². The van der Waals surface area contributed by atoms with E-state index in [9.17, 15) is 9.90 Å². The van der Waals surface area contributed by atoms with Crippen molar-refractivity contribution in [3.05, 3.63) is 108 Å². The number of benzene rings is 2. The molecule has 3 aliphatic rings. The summed E-state index contributed by atoms with van der Waals surface area (Å²) in [6.07, 6.45) is 10.4. The van der Waals surface area contributed by atoms with Crippen LogP contribution in [-0.2, 0) is 18.7 Å². The number of allylic oxidation sites excluding steroid dienone is 3. The number of ether oxygens (including phenoxy) is 2. The SMILES string of the molecule is CC(/C=C1C=C(/C=C/[C@@]23O[C@]2(C)C[C@@H](O)CC3(C)C)C(=O)O/1)=C\CO[Si](c1ccccc1)(c1ccccc1)C(C)(C)C. The summed E-state index contributed by atoms with van der Waals surface area (Å²) in [4.78, 5) is 12.7. The van der Waals surface area contributed by atoms with Crippen LogP contribution in [0.5, 0.6) is 0 Å². The quantitative estimate of drug-likeness (QED) is 0.229. The topological polar surface area (TPSA) is 68.3 Å². The first kappa shape index (κ1) is 30.4. The third-order valence-corrected chi connectivity index (χ3v) is 14.2. The summed E-state index contributed by atoms with van der Waals surface area (Å²) in [7, 11) is -2.63. The number of hydrogen-bond donors (Lipinski definition) is 1. The fraction of sp³-hybridized carbons (Fsp3) is 0.417. The number of carbonyl (C=O) groups is 1. The summed E-state index contributed by atoms with van der Waals surface area (Å²) in [5.41, 5.74) is 0.280. The van der Waals surface area contributed by atoms with Crippen LogP contribution in [0, 0.1) is 5.41 Å². The molecule has 2 aliphatic heterocycles. The molecule has 0 aromatic heterocycles. The van der Waals surface area contributed by atoms with Crippen LogP contribution in [0.15, 0.2) is 108 Å². The molecule has 2 aromatic rings. The molecule has 0 unspecified atom stereocenters. The molecule has 6 heteroatoms. The van der Waals surface area contributed by atoms with E-state index in [0.29, 0.717) is 30.8 Å². The molecular formula is C36H44O5Si. The number of cyclic esters (lactones) is 1. The van der Waals surface area contributed by atoms with Crippen molar-refractivity contribution in [2.24, 2.45) is 5.41 Å². The maximum atomic E-state index is 12.7. The van der Waals surface area contributed by atoms with E-state index in [1.54, 1.807) is 6.08 Å². The van der Waals surface area contributed by atoms with Gasteiger partial charge in [0.1, 0.15) is 17.0 Å². The van der Waals surface area contributed by atoms with Crippen molar-refractivity contribution in [1.29, 1.82) is 0 Å². The second kappa shape index (κ2) is 10.9. The van der Waals surface area contributed by atoms with Crippen LogP contribution >= 0.6 is 0 Å². The summed E-state index contributed by atoms with van der Waals surface area (Å²) >= 11 is 0. The van der Waals surface area contributed by atoms with Crippen molar-refractivity contribution in [2.45, 2.75) is 83.7 Å². The third-order valence-electron chi connectivity index (χ3n) is 9.24. The fourth-order valence-corrected chi connectivity index (χ4v) is 11.7. The Hall–Kier alpha value is -3.03. The highest BCUT2D eigenvalue weighted by Gasteiger charge is 2.74. The van der Waals surface area contributed by atoms with Gasteiger partial charge in [0.2, 0.25) is 0 Å². The molecule has 1 saturated carbocycles. The molecule has 2 aromatic carbocycles. The Morgan fingerprint density at radius 3 is 2.17 bits per heavy atom. The number of aliphatic hydroxyl groups is 1. The van der Waals surface area contributed by atoms with Gasteiger partial charge in [-0.25, -0.2) is 4.79 Å². The van der Waals surface area contributed by atoms with Gasteiger partial charge in [0, 0.05) is 11.8 Å². The predicted molar refractivity (Wildman–Crippen MR) is 170 cm³/mol. The Balaban J connectivity index is 1.35. The Kier molecular flexibility index (Phi) is 7.90. The first-order valence-electron chi connectivity index (χ1n) is 14.9. The van der Waals surface area contributed by atoms with Gasteiger partial charge >= 0.3 is 5.97 Å². The Bertz CT molecular complexity index is 1410. The summed E-state index contributed by atoms with van der Waals surface area (Å²) in [5, 5.41) is 12.7. The van der Waals surface area contributed by atoms with Crippen molar-refractivity contribution in [2.75, 3.05) is 6.61 Å². The minimum absolute atomic E-state index is 0.104. The van der Waals surface area contributed by atoms with Crippen molar-refractivity contribution in [3.8, 4) is 0 Å². The van der Waals surface area contributed by atoms with E-state index >= 15 is 0 Å². The highest BCUT2D eigenvalue weighted by Crippen LogP contribution is 2.66. The molecule has 222 valence electrons. The molecule has 0 bridgehead atoms. The van der Waals surface area contributed by atoms with Gasteiger partial charge in [0.05, 0.1) is 18.3 Å². The lowest BCUT2D eigenvalue weighted by Gasteiger charge is -2.42.